The third-order valence-corrected chi connectivity index (χ3v) is 4.56. The van der Waals surface area contributed by atoms with E-state index in [0.29, 0.717) is 31.1 Å². The maximum absolute atomic E-state index is 13.0. The molecule has 2 rings (SSSR count). The molecule has 1 saturated carbocycles. The molecule has 6 nitrogen and oxygen atoms in total. The third kappa shape index (κ3) is 4.83. The Morgan fingerprint density at radius 1 is 1.42 bits per heavy atom. The number of hydrogen-bond donors (Lipinski definition) is 1. The highest BCUT2D eigenvalue weighted by Gasteiger charge is 2.42. The van der Waals surface area contributed by atoms with Gasteiger partial charge in [-0.25, -0.2) is 0 Å². The van der Waals surface area contributed by atoms with E-state index in [0.717, 1.165) is 19.3 Å². The molecule has 1 fully saturated rings. The first-order chi connectivity index (χ1) is 12.4. The standard InChI is InChI=1S/C20H26N2O4/c1-4-10-25-20(9-5-6-14(2)12-20)19(24)22-17-7-8-18(26-15(3)23)16(11-17)13-21/h7-8,11,14H,4-6,9-10,12H2,1-3H3,(H,22,24)/t14-,20-/m1/s1. The largest absolute Gasteiger partial charge is 0.425 e. The third-order valence-electron chi connectivity index (χ3n) is 4.56. The molecule has 1 aliphatic carbocycles. The van der Waals surface area contributed by atoms with Crippen LogP contribution in [0, 0.1) is 17.2 Å². The van der Waals surface area contributed by atoms with Gasteiger partial charge in [0.25, 0.3) is 5.91 Å². The first-order valence-corrected chi connectivity index (χ1v) is 9.08. The lowest BCUT2D eigenvalue weighted by Gasteiger charge is -2.38. The van der Waals surface area contributed by atoms with Gasteiger partial charge < -0.3 is 14.8 Å². The van der Waals surface area contributed by atoms with Crippen molar-refractivity contribution < 1.29 is 19.1 Å². The molecule has 1 N–H and O–H groups in total. The van der Waals surface area contributed by atoms with E-state index in [1.807, 2.05) is 13.0 Å². The van der Waals surface area contributed by atoms with Crippen molar-refractivity contribution in [3.05, 3.63) is 23.8 Å². The molecule has 26 heavy (non-hydrogen) atoms. The number of anilines is 1. The first kappa shape index (κ1) is 19.9. The van der Waals surface area contributed by atoms with Gasteiger partial charge >= 0.3 is 5.97 Å². The highest BCUT2D eigenvalue weighted by molar-refractivity contribution is 5.97. The minimum atomic E-state index is -0.824. The Kier molecular flexibility index (Phi) is 6.76. The summed E-state index contributed by atoms with van der Waals surface area (Å²) in [5.74, 6) is -0.0726. The highest BCUT2D eigenvalue weighted by atomic mass is 16.5. The molecular weight excluding hydrogens is 332 g/mol. The van der Waals surface area contributed by atoms with Crippen LogP contribution in [-0.2, 0) is 14.3 Å². The summed E-state index contributed by atoms with van der Waals surface area (Å²) < 4.78 is 11.0. The average Bonchev–Trinajstić information content (AvgIpc) is 2.60. The van der Waals surface area contributed by atoms with Gasteiger partial charge in [0.2, 0.25) is 0 Å². The smallest absolute Gasteiger partial charge is 0.308 e. The summed E-state index contributed by atoms with van der Waals surface area (Å²) in [6.07, 6.45) is 4.28. The predicted octanol–water partition coefficient (Wildman–Crippen LogP) is 3.80. The number of ether oxygens (including phenoxy) is 2. The SMILES string of the molecule is CCCO[C@]1(C(=O)Nc2ccc(OC(C)=O)c(C#N)c2)CCC[C@@H](C)C1. The number of hydrogen-bond acceptors (Lipinski definition) is 5. The van der Waals surface area contributed by atoms with Crippen molar-refractivity contribution in [2.24, 2.45) is 5.92 Å². The van der Waals surface area contributed by atoms with Crippen LogP contribution < -0.4 is 10.1 Å². The second-order valence-electron chi connectivity index (χ2n) is 6.91. The number of carbonyl (C=O) groups is 2. The van der Waals surface area contributed by atoms with Gasteiger partial charge in [-0.3, -0.25) is 9.59 Å². The number of carbonyl (C=O) groups excluding carboxylic acids is 2. The van der Waals surface area contributed by atoms with E-state index in [4.69, 9.17) is 9.47 Å². The monoisotopic (exact) mass is 358 g/mol. The van der Waals surface area contributed by atoms with E-state index in [9.17, 15) is 14.9 Å². The summed E-state index contributed by atoms with van der Waals surface area (Å²) in [5.41, 5.74) is -0.145. The lowest BCUT2D eigenvalue weighted by Crippen LogP contribution is -2.48. The zero-order valence-electron chi connectivity index (χ0n) is 15.6. The quantitative estimate of drug-likeness (QED) is 0.617. The Balaban J connectivity index is 2.20. The highest BCUT2D eigenvalue weighted by Crippen LogP contribution is 2.36. The molecule has 140 valence electrons. The number of rotatable bonds is 6. The van der Waals surface area contributed by atoms with Crippen LogP contribution in [0.3, 0.4) is 0 Å². The van der Waals surface area contributed by atoms with Crippen molar-refractivity contribution in [2.75, 3.05) is 11.9 Å². The fourth-order valence-corrected chi connectivity index (χ4v) is 3.39. The van der Waals surface area contributed by atoms with Gasteiger partial charge in [-0.05, 0) is 49.8 Å². The molecule has 0 bridgehead atoms. The molecule has 0 spiro atoms. The van der Waals surface area contributed by atoms with Gasteiger partial charge in [0.1, 0.15) is 17.4 Å². The lowest BCUT2D eigenvalue weighted by atomic mass is 9.78. The number of amides is 1. The van der Waals surface area contributed by atoms with Crippen LogP contribution in [0.5, 0.6) is 5.75 Å². The maximum Gasteiger partial charge on any atom is 0.308 e. The molecule has 0 aliphatic heterocycles. The lowest BCUT2D eigenvalue weighted by molar-refractivity contribution is -0.148. The van der Waals surface area contributed by atoms with Gasteiger partial charge in [-0.15, -0.1) is 0 Å². The summed E-state index contributed by atoms with van der Waals surface area (Å²) in [5, 5.41) is 12.1. The second kappa shape index (κ2) is 8.81. The van der Waals surface area contributed by atoms with Gasteiger partial charge in [0.15, 0.2) is 0 Å². The minimum Gasteiger partial charge on any atom is -0.425 e. The zero-order chi connectivity index (χ0) is 19.2. The van der Waals surface area contributed by atoms with E-state index in [-0.39, 0.29) is 17.2 Å². The molecule has 0 saturated heterocycles. The predicted molar refractivity (Wildman–Crippen MR) is 97.7 cm³/mol. The van der Waals surface area contributed by atoms with E-state index < -0.39 is 11.6 Å². The van der Waals surface area contributed by atoms with Crippen molar-refractivity contribution >= 4 is 17.6 Å². The molecule has 1 aromatic rings. The van der Waals surface area contributed by atoms with Crippen molar-refractivity contribution in [2.45, 2.75) is 58.5 Å². The fourth-order valence-electron chi connectivity index (χ4n) is 3.39. The summed E-state index contributed by atoms with van der Waals surface area (Å²) in [6.45, 7) is 5.97. The van der Waals surface area contributed by atoms with E-state index in [1.54, 1.807) is 6.07 Å². The van der Waals surface area contributed by atoms with Crippen molar-refractivity contribution in [3.63, 3.8) is 0 Å². The molecule has 0 aromatic heterocycles. The normalized spacial score (nSPS) is 22.3. The van der Waals surface area contributed by atoms with Crippen LogP contribution in [0.15, 0.2) is 18.2 Å². The molecule has 1 aromatic carbocycles. The number of nitrogens with zero attached hydrogens (tertiary/aromatic N) is 1. The Morgan fingerprint density at radius 3 is 2.81 bits per heavy atom. The van der Waals surface area contributed by atoms with Crippen molar-refractivity contribution in [1.29, 1.82) is 5.26 Å². The molecule has 0 radical (unpaired) electrons. The van der Waals surface area contributed by atoms with Gasteiger partial charge in [0.05, 0.1) is 5.56 Å². The second-order valence-corrected chi connectivity index (χ2v) is 6.91. The number of esters is 1. The van der Waals surface area contributed by atoms with Crippen molar-refractivity contribution in [3.8, 4) is 11.8 Å². The summed E-state index contributed by atoms with van der Waals surface area (Å²) >= 11 is 0. The minimum absolute atomic E-state index is 0.179. The van der Waals surface area contributed by atoms with Gasteiger partial charge in [-0.1, -0.05) is 20.3 Å². The molecule has 2 atom stereocenters. The van der Waals surface area contributed by atoms with Crippen molar-refractivity contribution in [1.82, 2.24) is 0 Å². The van der Waals surface area contributed by atoms with Crippen LogP contribution in [-0.4, -0.2) is 24.1 Å². The van der Waals surface area contributed by atoms with Gasteiger partial charge in [0, 0.05) is 19.2 Å². The Hall–Kier alpha value is -2.39. The molecule has 0 unspecified atom stereocenters. The summed E-state index contributed by atoms with van der Waals surface area (Å²) in [7, 11) is 0. The topological polar surface area (TPSA) is 88.4 Å². The molecule has 6 heteroatoms. The Bertz CT molecular complexity index is 710. The van der Waals surface area contributed by atoms with Crippen LogP contribution in [0.25, 0.3) is 0 Å². The number of nitriles is 1. The maximum atomic E-state index is 13.0. The average molecular weight is 358 g/mol. The van der Waals surface area contributed by atoms with Crippen LogP contribution >= 0.6 is 0 Å². The molecular formula is C20H26N2O4. The van der Waals surface area contributed by atoms with Crippen LogP contribution in [0.1, 0.15) is 58.4 Å². The number of benzene rings is 1. The Morgan fingerprint density at radius 2 is 2.19 bits per heavy atom. The van der Waals surface area contributed by atoms with Crippen LogP contribution in [0.2, 0.25) is 0 Å². The summed E-state index contributed by atoms with van der Waals surface area (Å²) in [4.78, 5) is 24.1. The van der Waals surface area contributed by atoms with Gasteiger partial charge in [-0.2, -0.15) is 5.26 Å². The Labute approximate surface area is 154 Å². The zero-order valence-corrected chi connectivity index (χ0v) is 15.6. The first-order valence-electron chi connectivity index (χ1n) is 9.08. The number of nitrogens with one attached hydrogen (secondary N) is 1. The van der Waals surface area contributed by atoms with E-state index in [2.05, 4.69) is 12.2 Å². The molecule has 1 amide bonds. The fraction of sp³-hybridized carbons (Fsp3) is 0.550. The van der Waals surface area contributed by atoms with E-state index in [1.165, 1.54) is 19.1 Å². The summed E-state index contributed by atoms with van der Waals surface area (Å²) in [6, 6.07) is 6.63. The van der Waals surface area contributed by atoms with Crippen LogP contribution in [0.4, 0.5) is 5.69 Å². The molecule has 0 heterocycles. The van der Waals surface area contributed by atoms with E-state index >= 15 is 0 Å². The molecule has 1 aliphatic rings.